The third-order valence-electron chi connectivity index (χ3n) is 2.21. The van der Waals surface area contributed by atoms with Crippen molar-refractivity contribution >= 4 is 34.5 Å². The fourth-order valence-corrected chi connectivity index (χ4v) is 2.84. The lowest BCUT2D eigenvalue weighted by atomic mass is 10.2. The molecule has 0 aliphatic heterocycles. The lowest BCUT2D eigenvalue weighted by molar-refractivity contribution is 0.734. The van der Waals surface area contributed by atoms with Gasteiger partial charge in [-0.3, -0.25) is 0 Å². The molecule has 1 heterocycles. The van der Waals surface area contributed by atoms with Gasteiger partial charge in [-0.15, -0.1) is 11.3 Å². The van der Waals surface area contributed by atoms with Crippen LogP contribution in [-0.2, 0) is 6.54 Å². The van der Waals surface area contributed by atoms with Crippen LogP contribution in [0.4, 0.5) is 0 Å². The molecule has 0 radical (unpaired) electrons. The van der Waals surface area contributed by atoms with E-state index in [0.717, 1.165) is 23.7 Å². The molecule has 1 aromatic carbocycles. The molecule has 0 unspecified atom stereocenters. The first-order chi connectivity index (χ1) is 8.19. The Bertz CT molecular complexity index is 491. The van der Waals surface area contributed by atoms with E-state index in [1.807, 2.05) is 18.3 Å². The molecule has 90 valence electrons. The lowest BCUT2D eigenvalue weighted by Gasteiger charge is -1.99. The Morgan fingerprint density at radius 2 is 1.94 bits per heavy atom. The molecule has 2 aromatic rings. The first-order valence-corrected chi connectivity index (χ1v) is 6.88. The van der Waals surface area contributed by atoms with Crippen molar-refractivity contribution in [2.45, 2.75) is 13.5 Å². The Morgan fingerprint density at radius 3 is 2.59 bits per heavy atom. The topological polar surface area (TPSA) is 24.9 Å². The van der Waals surface area contributed by atoms with E-state index >= 15 is 0 Å². The van der Waals surface area contributed by atoms with E-state index in [1.54, 1.807) is 17.4 Å². The van der Waals surface area contributed by atoms with Crippen LogP contribution in [0.15, 0.2) is 24.4 Å². The van der Waals surface area contributed by atoms with E-state index in [4.69, 9.17) is 23.2 Å². The van der Waals surface area contributed by atoms with Gasteiger partial charge in [0, 0.05) is 33.2 Å². The van der Waals surface area contributed by atoms with Crippen LogP contribution in [0.5, 0.6) is 0 Å². The number of rotatable bonds is 4. The predicted molar refractivity (Wildman–Crippen MR) is 75.0 cm³/mol. The Labute approximate surface area is 115 Å². The summed E-state index contributed by atoms with van der Waals surface area (Å²) in [7, 11) is 0. The quantitative estimate of drug-likeness (QED) is 0.910. The highest BCUT2D eigenvalue weighted by molar-refractivity contribution is 7.15. The summed E-state index contributed by atoms with van der Waals surface area (Å²) in [5, 5.41) is 5.49. The number of benzene rings is 1. The van der Waals surface area contributed by atoms with Gasteiger partial charge in [0.25, 0.3) is 0 Å². The molecule has 17 heavy (non-hydrogen) atoms. The molecule has 0 saturated carbocycles. The molecule has 0 amide bonds. The zero-order chi connectivity index (χ0) is 12.3. The van der Waals surface area contributed by atoms with Gasteiger partial charge < -0.3 is 5.32 Å². The van der Waals surface area contributed by atoms with E-state index in [1.165, 1.54) is 4.88 Å². The van der Waals surface area contributed by atoms with Crippen LogP contribution in [0, 0.1) is 0 Å². The number of nitrogens with one attached hydrogen (secondary N) is 1. The van der Waals surface area contributed by atoms with Gasteiger partial charge in [-0.1, -0.05) is 30.1 Å². The summed E-state index contributed by atoms with van der Waals surface area (Å²) < 4.78 is 0. The average molecular weight is 287 g/mol. The molecular weight excluding hydrogens is 275 g/mol. The van der Waals surface area contributed by atoms with Crippen LogP contribution in [0.1, 0.15) is 11.8 Å². The van der Waals surface area contributed by atoms with Gasteiger partial charge in [0.15, 0.2) is 0 Å². The maximum absolute atomic E-state index is 5.97. The van der Waals surface area contributed by atoms with E-state index in [2.05, 4.69) is 17.2 Å². The number of halogens is 2. The van der Waals surface area contributed by atoms with Crippen LogP contribution >= 0.6 is 34.5 Å². The molecule has 1 N–H and O–H groups in total. The Hall–Kier alpha value is -0.610. The summed E-state index contributed by atoms with van der Waals surface area (Å²) in [6.07, 6.45) is 1.89. The van der Waals surface area contributed by atoms with E-state index < -0.39 is 0 Å². The van der Waals surface area contributed by atoms with Crippen LogP contribution < -0.4 is 5.32 Å². The molecule has 0 atom stereocenters. The first-order valence-electron chi connectivity index (χ1n) is 5.31. The van der Waals surface area contributed by atoms with Gasteiger partial charge >= 0.3 is 0 Å². The summed E-state index contributed by atoms with van der Waals surface area (Å²) in [6.45, 7) is 3.89. The maximum Gasteiger partial charge on any atom is 0.123 e. The van der Waals surface area contributed by atoms with Crippen molar-refractivity contribution in [1.82, 2.24) is 10.3 Å². The molecule has 1 aromatic heterocycles. The van der Waals surface area contributed by atoms with Gasteiger partial charge in [-0.2, -0.15) is 0 Å². The van der Waals surface area contributed by atoms with Crippen molar-refractivity contribution in [2.75, 3.05) is 6.54 Å². The van der Waals surface area contributed by atoms with Crippen molar-refractivity contribution < 1.29 is 0 Å². The van der Waals surface area contributed by atoms with E-state index in [-0.39, 0.29) is 0 Å². The standard InChI is InChI=1S/C12H12Cl2N2S/c1-2-15-6-11-7-16-12(17-11)8-3-9(13)5-10(14)4-8/h3-5,7,15H,2,6H2,1H3. The third kappa shape index (κ3) is 3.42. The predicted octanol–water partition coefficient (Wildman–Crippen LogP) is 4.23. The minimum Gasteiger partial charge on any atom is -0.312 e. The number of aromatic nitrogens is 1. The molecule has 2 rings (SSSR count). The van der Waals surface area contributed by atoms with E-state index in [0.29, 0.717) is 10.0 Å². The minimum atomic E-state index is 0.635. The number of thiazole rings is 1. The van der Waals surface area contributed by atoms with Crippen LogP contribution in [0.3, 0.4) is 0 Å². The van der Waals surface area contributed by atoms with Crippen molar-refractivity contribution in [2.24, 2.45) is 0 Å². The number of hydrogen-bond acceptors (Lipinski definition) is 3. The van der Waals surface area contributed by atoms with Crippen molar-refractivity contribution in [1.29, 1.82) is 0 Å². The van der Waals surface area contributed by atoms with Crippen molar-refractivity contribution in [3.63, 3.8) is 0 Å². The molecule has 5 heteroatoms. The summed E-state index contributed by atoms with van der Waals surface area (Å²) in [5.41, 5.74) is 0.968. The normalized spacial score (nSPS) is 10.8. The van der Waals surface area contributed by atoms with Crippen LogP contribution in [0.2, 0.25) is 10.0 Å². The highest BCUT2D eigenvalue weighted by Gasteiger charge is 2.06. The summed E-state index contributed by atoms with van der Waals surface area (Å²) in [5.74, 6) is 0. The van der Waals surface area contributed by atoms with Gasteiger partial charge in [0.2, 0.25) is 0 Å². The Morgan fingerprint density at radius 1 is 1.24 bits per heavy atom. The van der Waals surface area contributed by atoms with Crippen LogP contribution in [-0.4, -0.2) is 11.5 Å². The molecule has 0 spiro atoms. The molecule has 0 aliphatic rings. The van der Waals surface area contributed by atoms with Gasteiger partial charge in [-0.25, -0.2) is 4.98 Å². The largest absolute Gasteiger partial charge is 0.312 e. The number of hydrogen-bond donors (Lipinski definition) is 1. The van der Waals surface area contributed by atoms with Gasteiger partial charge in [0.05, 0.1) is 0 Å². The second kappa shape index (κ2) is 5.83. The van der Waals surface area contributed by atoms with Gasteiger partial charge in [-0.05, 0) is 24.7 Å². The molecule has 0 aliphatic carbocycles. The van der Waals surface area contributed by atoms with Gasteiger partial charge in [0.1, 0.15) is 5.01 Å². The second-order valence-electron chi connectivity index (χ2n) is 3.57. The summed E-state index contributed by atoms with van der Waals surface area (Å²) >= 11 is 13.6. The van der Waals surface area contributed by atoms with Crippen LogP contribution in [0.25, 0.3) is 10.6 Å². The fourth-order valence-electron chi connectivity index (χ4n) is 1.45. The first kappa shape index (κ1) is 12.8. The third-order valence-corrected chi connectivity index (χ3v) is 3.70. The van der Waals surface area contributed by atoms with Crippen molar-refractivity contribution in [3.8, 4) is 10.6 Å². The Balaban J connectivity index is 2.24. The Kier molecular flexibility index (Phi) is 4.40. The monoisotopic (exact) mass is 286 g/mol. The maximum atomic E-state index is 5.97. The zero-order valence-corrected chi connectivity index (χ0v) is 11.7. The van der Waals surface area contributed by atoms with E-state index in [9.17, 15) is 0 Å². The SMILES string of the molecule is CCNCc1cnc(-c2cc(Cl)cc(Cl)c2)s1. The molecular formula is C12H12Cl2N2S. The highest BCUT2D eigenvalue weighted by atomic mass is 35.5. The molecule has 0 fully saturated rings. The average Bonchev–Trinajstić information content (AvgIpc) is 2.73. The zero-order valence-electron chi connectivity index (χ0n) is 9.34. The summed E-state index contributed by atoms with van der Waals surface area (Å²) in [4.78, 5) is 5.59. The second-order valence-corrected chi connectivity index (χ2v) is 5.56. The molecule has 0 saturated heterocycles. The minimum absolute atomic E-state index is 0.635. The smallest absolute Gasteiger partial charge is 0.123 e. The number of nitrogens with zero attached hydrogens (tertiary/aromatic N) is 1. The van der Waals surface area contributed by atoms with Crippen molar-refractivity contribution in [3.05, 3.63) is 39.3 Å². The fraction of sp³-hybridized carbons (Fsp3) is 0.250. The molecule has 0 bridgehead atoms. The highest BCUT2D eigenvalue weighted by Crippen LogP contribution is 2.30. The summed E-state index contributed by atoms with van der Waals surface area (Å²) in [6, 6.07) is 5.48. The lowest BCUT2D eigenvalue weighted by Crippen LogP contribution is -2.10. The molecule has 2 nitrogen and oxygen atoms in total.